The molecular weight excluding hydrogens is 364 g/mol. The molecule has 1 aromatic rings. The average molecular weight is 403 g/mol. The molecule has 0 aromatic heterocycles. The lowest BCUT2D eigenvalue weighted by molar-refractivity contribution is -0.119. The summed E-state index contributed by atoms with van der Waals surface area (Å²) in [7, 11) is 3.57. The fourth-order valence-corrected chi connectivity index (χ4v) is 3.85. The third-order valence-electron chi connectivity index (χ3n) is 6.07. The number of carbonyl (C=O) groups is 1. The molecule has 1 amide bonds. The van der Waals surface area contributed by atoms with Crippen LogP contribution < -0.4 is 16.0 Å². The van der Waals surface area contributed by atoms with Crippen LogP contribution in [0, 0.1) is 11.3 Å². The Bertz CT molecular complexity index is 669. The van der Waals surface area contributed by atoms with Gasteiger partial charge in [0.15, 0.2) is 5.96 Å². The monoisotopic (exact) mass is 402 g/mol. The van der Waals surface area contributed by atoms with Crippen molar-refractivity contribution >= 4 is 17.6 Å². The van der Waals surface area contributed by atoms with Crippen LogP contribution in [0.4, 0.5) is 5.69 Å². The van der Waals surface area contributed by atoms with Crippen molar-refractivity contribution in [2.75, 3.05) is 32.6 Å². The highest BCUT2D eigenvalue weighted by atomic mass is 16.5. The molecule has 1 atom stereocenters. The number of aliphatic imine (C=N–C) groups is 1. The van der Waals surface area contributed by atoms with Crippen LogP contribution >= 0.6 is 0 Å². The van der Waals surface area contributed by atoms with Gasteiger partial charge in [-0.05, 0) is 48.8 Å². The zero-order chi connectivity index (χ0) is 21.1. The topological polar surface area (TPSA) is 74.8 Å². The van der Waals surface area contributed by atoms with E-state index in [4.69, 9.17) is 4.74 Å². The molecule has 1 fully saturated rings. The number of nitrogens with zero attached hydrogens (tertiary/aromatic N) is 1. The first-order valence-electron chi connectivity index (χ1n) is 10.8. The molecule has 1 saturated carbocycles. The van der Waals surface area contributed by atoms with Crippen molar-refractivity contribution in [1.29, 1.82) is 0 Å². The van der Waals surface area contributed by atoms with Crippen molar-refractivity contribution < 1.29 is 9.53 Å². The molecule has 0 saturated heterocycles. The van der Waals surface area contributed by atoms with Crippen molar-refractivity contribution in [3.05, 3.63) is 29.8 Å². The third-order valence-corrected chi connectivity index (χ3v) is 6.07. The van der Waals surface area contributed by atoms with Crippen molar-refractivity contribution in [2.45, 2.75) is 58.9 Å². The third kappa shape index (κ3) is 7.35. The minimum atomic E-state index is 0.0147. The molecule has 3 N–H and O–H groups in total. The Labute approximate surface area is 175 Å². The molecule has 0 radical (unpaired) electrons. The standard InChI is InChI=1S/C23H38N4O2/c1-5-18(2)21(28)27-20-10-8-9-19(15-20)16-25-22(24-3)26-17-23(13-14-29-4)11-6-7-12-23/h8-10,15,18H,5-7,11-14,16-17H2,1-4H3,(H,27,28)(H2,24,25,26). The van der Waals surface area contributed by atoms with Gasteiger partial charge in [0.25, 0.3) is 0 Å². The van der Waals surface area contributed by atoms with E-state index < -0.39 is 0 Å². The molecule has 2 rings (SSSR count). The van der Waals surface area contributed by atoms with Gasteiger partial charge in [-0.3, -0.25) is 9.79 Å². The van der Waals surface area contributed by atoms with E-state index in [1.165, 1.54) is 25.7 Å². The number of guanidine groups is 1. The van der Waals surface area contributed by atoms with Crippen molar-refractivity contribution in [3.8, 4) is 0 Å². The highest BCUT2D eigenvalue weighted by molar-refractivity contribution is 5.92. The van der Waals surface area contributed by atoms with Crippen molar-refractivity contribution in [3.63, 3.8) is 0 Å². The Morgan fingerprint density at radius 3 is 2.69 bits per heavy atom. The van der Waals surface area contributed by atoms with E-state index >= 15 is 0 Å². The van der Waals surface area contributed by atoms with E-state index in [0.29, 0.717) is 12.0 Å². The zero-order valence-electron chi connectivity index (χ0n) is 18.5. The van der Waals surface area contributed by atoms with Crippen LogP contribution in [-0.2, 0) is 16.1 Å². The van der Waals surface area contributed by atoms with Gasteiger partial charge in [0, 0.05) is 45.5 Å². The number of anilines is 1. The molecule has 1 unspecified atom stereocenters. The van der Waals surface area contributed by atoms with E-state index in [1.54, 1.807) is 14.2 Å². The molecular formula is C23H38N4O2. The van der Waals surface area contributed by atoms with Gasteiger partial charge >= 0.3 is 0 Å². The highest BCUT2D eigenvalue weighted by Crippen LogP contribution is 2.40. The Morgan fingerprint density at radius 2 is 2.03 bits per heavy atom. The van der Waals surface area contributed by atoms with Gasteiger partial charge in [0.2, 0.25) is 5.91 Å². The minimum Gasteiger partial charge on any atom is -0.385 e. The number of methoxy groups -OCH3 is 1. The first kappa shape index (κ1) is 23.2. The van der Waals surface area contributed by atoms with Gasteiger partial charge in [-0.2, -0.15) is 0 Å². The number of nitrogens with one attached hydrogen (secondary N) is 3. The van der Waals surface area contributed by atoms with Crippen LogP contribution in [0.1, 0.15) is 57.9 Å². The van der Waals surface area contributed by atoms with Crippen molar-refractivity contribution in [1.82, 2.24) is 10.6 Å². The lowest BCUT2D eigenvalue weighted by Crippen LogP contribution is -2.43. The van der Waals surface area contributed by atoms with Crippen LogP contribution in [0.5, 0.6) is 0 Å². The summed E-state index contributed by atoms with van der Waals surface area (Å²) in [5.41, 5.74) is 2.25. The van der Waals surface area contributed by atoms with E-state index in [1.807, 2.05) is 32.0 Å². The largest absolute Gasteiger partial charge is 0.385 e. The highest BCUT2D eigenvalue weighted by Gasteiger charge is 2.33. The maximum absolute atomic E-state index is 12.1. The number of ether oxygens (including phenoxy) is 1. The Balaban J connectivity index is 1.87. The summed E-state index contributed by atoms with van der Waals surface area (Å²) in [6.07, 6.45) is 7.02. The predicted molar refractivity (Wildman–Crippen MR) is 120 cm³/mol. The Morgan fingerprint density at radius 1 is 1.28 bits per heavy atom. The molecule has 0 spiro atoms. The van der Waals surface area contributed by atoms with E-state index in [0.717, 1.165) is 43.2 Å². The molecule has 0 heterocycles. The lowest BCUT2D eigenvalue weighted by atomic mass is 9.83. The summed E-state index contributed by atoms with van der Waals surface area (Å²) < 4.78 is 5.32. The Kier molecular flexibility index (Phi) is 9.45. The molecule has 6 heteroatoms. The second-order valence-electron chi connectivity index (χ2n) is 8.23. The van der Waals surface area contributed by atoms with Crippen LogP contribution in [-0.4, -0.2) is 39.2 Å². The van der Waals surface area contributed by atoms with Crippen LogP contribution in [0.25, 0.3) is 0 Å². The number of rotatable bonds is 10. The molecule has 0 bridgehead atoms. The SMILES string of the molecule is CCC(C)C(=O)Nc1cccc(CNC(=NC)NCC2(CCOC)CCCC2)c1. The molecule has 0 aliphatic heterocycles. The fourth-order valence-electron chi connectivity index (χ4n) is 3.85. The molecule has 6 nitrogen and oxygen atoms in total. The van der Waals surface area contributed by atoms with Gasteiger partial charge in [0.1, 0.15) is 0 Å². The fraction of sp³-hybridized carbons (Fsp3) is 0.652. The van der Waals surface area contributed by atoms with Gasteiger partial charge in [-0.15, -0.1) is 0 Å². The molecule has 1 aliphatic rings. The zero-order valence-corrected chi connectivity index (χ0v) is 18.5. The number of hydrogen-bond acceptors (Lipinski definition) is 3. The summed E-state index contributed by atoms with van der Waals surface area (Å²) >= 11 is 0. The quantitative estimate of drug-likeness (QED) is 0.409. The van der Waals surface area contributed by atoms with E-state index in [9.17, 15) is 4.79 Å². The normalized spacial score (nSPS) is 17.0. The maximum Gasteiger partial charge on any atom is 0.227 e. The molecule has 1 aliphatic carbocycles. The molecule has 1 aromatic carbocycles. The second kappa shape index (κ2) is 11.8. The Hall–Kier alpha value is -2.08. The van der Waals surface area contributed by atoms with Crippen molar-refractivity contribution in [2.24, 2.45) is 16.3 Å². The van der Waals surface area contributed by atoms with Gasteiger partial charge in [-0.25, -0.2) is 0 Å². The molecule has 29 heavy (non-hydrogen) atoms. The van der Waals surface area contributed by atoms with Gasteiger partial charge in [-0.1, -0.05) is 38.8 Å². The van der Waals surface area contributed by atoms with E-state index in [2.05, 4.69) is 27.0 Å². The van der Waals surface area contributed by atoms with Crippen LogP contribution in [0.3, 0.4) is 0 Å². The number of hydrogen-bond donors (Lipinski definition) is 3. The summed E-state index contributed by atoms with van der Waals surface area (Å²) in [6, 6.07) is 7.96. The van der Waals surface area contributed by atoms with Crippen LogP contribution in [0.15, 0.2) is 29.3 Å². The summed E-state index contributed by atoms with van der Waals surface area (Å²) in [5.74, 6) is 0.886. The minimum absolute atomic E-state index is 0.0147. The summed E-state index contributed by atoms with van der Waals surface area (Å²) in [6.45, 7) is 6.34. The van der Waals surface area contributed by atoms with E-state index in [-0.39, 0.29) is 11.8 Å². The van der Waals surface area contributed by atoms with Gasteiger partial charge in [0.05, 0.1) is 0 Å². The average Bonchev–Trinajstić information content (AvgIpc) is 3.21. The summed E-state index contributed by atoms with van der Waals surface area (Å²) in [5, 5.41) is 9.90. The maximum atomic E-state index is 12.1. The van der Waals surface area contributed by atoms with Crippen LogP contribution in [0.2, 0.25) is 0 Å². The summed E-state index contributed by atoms with van der Waals surface area (Å²) in [4.78, 5) is 16.5. The first-order chi connectivity index (χ1) is 14.0. The number of carbonyl (C=O) groups excluding carboxylic acids is 1. The first-order valence-corrected chi connectivity index (χ1v) is 10.8. The number of amides is 1. The lowest BCUT2D eigenvalue weighted by Gasteiger charge is -2.30. The molecule has 162 valence electrons. The second-order valence-corrected chi connectivity index (χ2v) is 8.23. The van der Waals surface area contributed by atoms with Gasteiger partial charge < -0.3 is 20.7 Å². The smallest absolute Gasteiger partial charge is 0.227 e. The number of benzene rings is 1. The predicted octanol–water partition coefficient (Wildman–Crippen LogP) is 3.93.